The number of terminal acetylenes is 1. The minimum Gasteiger partial charge on any atom is -0.468 e. The number of rotatable bonds is 6. The van der Waals surface area contributed by atoms with E-state index in [0.29, 0.717) is 0 Å². The van der Waals surface area contributed by atoms with Crippen molar-refractivity contribution in [3.05, 3.63) is 42.0 Å². The SMILES string of the molecule is C#CCC(C/C=C/c1ccccc1)(C(=O)OC)C(=O)OC. The fraction of sp³-hybridized carbons (Fsp3) is 0.294. The van der Waals surface area contributed by atoms with Crippen molar-refractivity contribution in [1.82, 2.24) is 0 Å². The summed E-state index contributed by atoms with van der Waals surface area (Å²) in [5.41, 5.74) is -0.536. The maximum Gasteiger partial charge on any atom is 0.324 e. The van der Waals surface area contributed by atoms with Crippen LogP contribution in [0.4, 0.5) is 0 Å². The van der Waals surface area contributed by atoms with Crippen molar-refractivity contribution in [2.24, 2.45) is 5.41 Å². The van der Waals surface area contributed by atoms with Crippen LogP contribution in [0.15, 0.2) is 36.4 Å². The summed E-state index contributed by atoms with van der Waals surface area (Å²) in [4.78, 5) is 24.0. The first-order chi connectivity index (χ1) is 10.1. The molecule has 0 saturated carbocycles. The Balaban J connectivity index is 3.02. The summed E-state index contributed by atoms with van der Waals surface area (Å²) < 4.78 is 9.45. The van der Waals surface area contributed by atoms with Crippen LogP contribution in [0.3, 0.4) is 0 Å². The molecule has 0 heterocycles. The van der Waals surface area contributed by atoms with E-state index in [0.717, 1.165) is 5.56 Å². The molecule has 1 aromatic rings. The molecule has 4 heteroatoms. The predicted octanol–water partition coefficient (Wildman–Crippen LogP) is 2.45. The zero-order chi connectivity index (χ0) is 15.7. The number of carbonyl (C=O) groups is 2. The number of benzene rings is 1. The Kier molecular flexibility index (Phi) is 6.22. The summed E-state index contributed by atoms with van der Waals surface area (Å²) in [6.45, 7) is 0. The molecule has 0 radical (unpaired) electrons. The Morgan fingerprint density at radius 1 is 1.19 bits per heavy atom. The molecular weight excluding hydrogens is 268 g/mol. The highest BCUT2D eigenvalue weighted by Gasteiger charge is 2.46. The molecule has 0 aliphatic heterocycles. The van der Waals surface area contributed by atoms with Gasteiger partial charge >= 0.3 is 11.9 Å². The molecule has 4 nitrogen and oxygen atoms in total. The Hall–Kier alpha value is -2.54. The molecule has 1 aromatic carbocycles. The summed E-state index contributed by atoms with van der Waals surface area (Å²) in [5.74, 6) is 0.973. The lowest BCUT2D eigenvalue weighted by atomic mass is 9.81. The van der Waals surface area contributed by atoms with Gasteiger partial charge in [-0.3, -0.25) is 9.59 Å². The smallest absolute Gasteiger partial charge is 0.324 e. The van der Waals surface area contributed by atoms with Gasteiger partial charge in [0, 0.05) is 6.42 Å². The summed E-state index contributed by atoms with van der Waals surface area (Å²) in [6, 6.07) is 9.53. The molecule has 0 saturated heterocycles. The monoisotopic (exact) mass is 286 g/mol. The zero-order valence-electron chi connectivity index (χ0n) is 12.2. The molecule has 110 valence electrons. The van der Waals surface area contributed by atoms with Gasteiger partial charge in [0.25, 0.3) is 0 Å². The van der Waals surface area contributed by atoms with Crippen molar-refractivity contribution in [2.45, 2.75) is 12.8 Å². The van der Waals surface area contributed by atoms with Crippen LogP contribution in [-0.4, -0.2) is 26.2 Å². The van der Waals surface area contributed by atoms with E-state index in [2.05, 4.69) is 5.92 Å². The lowest BCUT2D eigenvalue weighted by Crippen LogP contribution is -2.40. The standard InChI is InChI=1S/C17H18O4/c1-4-12-17(15(18)20-2,16(19)21-3)13-8-11-14-9-6-5-7-10-14/h1,5-11H,12-13H2,2-3H3/b11-8+. The third-order valence-corrected chi connectivity index (χ3v) is 3.13. The number of hydrogen-bond donors (Lipinski definition) is 0. The van der Waals surface area contributed by atoms with Gasteiger partial charge < -0.3 is 9.47 Å². The van der Waals surface area contributed by atoms with Gasteiger partial charge in [0.1, 0.15) is 0 Å². The van der Waals surface area contributed by atoms with Crippen LogP contribution in [0.5, 0.6) is 0 Å². The Labute approximate surface area is 124 Å². The van der Waals surface area contributed by atoms with Crippen molar-refractivity contribution >= 4 is 18.0 Å². The van der Waals surface area contributed by atoms with Gasteiger partial charge in [-0.25, -0.2) is 0 Å². The average Bonchev–Trinajstić information content (AvgIpc) is 2.53. The van der Waals surface area contributed by atoms with E-state index in [9.17, 15) is 9.59 Å². The number of carbonyl (C=O) groups excluding carboxylic acids is 2. The minimum atomic E-state index is -1.50. The third-order valence-electron chi connectivity index (χ3n) is 3.13. The molecule has 0 spiro atoms. The Morgan fingerprint density at radius 3 is 2.24 bits per heavy atom. The number of ether oxygens (including phenoxy) is 2. The maximum absolute atomic E-state index is 12.0. The Bertz CT molecular complexity index is 536. The van der Waals surface area contributed by atoms with Crippen LogP contribution >= 0.6 is 0 Å². The van der Waals surface area contributed by atoms with Crippen LogP contribution in [0.25, 0.3) is 6.08 Å². The van der Waals surface area contributed by atoms with Crippen molar-refractivity contribution in [1.29, 1.82) is 0 Å². The second kappa shape index (κ2) is 7.91. The molecule has 0 fully saturated rings. The lowest BCUT2D eigenvalue weighted by Gasteiger charge is -2.24. The van der Waals surface area contributed by atoms with Gasteiger partial charge in [-0.1, -0.05) is 42.5 Å². The van der Waals surface area contributed by atoms with Crippen molar-refractivity contribution < 1.29 is 19.1 Å². The van der Waals surface area contributed by atoms with Gasteiger partial charge in [-0.05, 0) is 12.0 Å². The summed E-state index contributed by atoms with van der Waals surface area (Å²) >= 11 is 0. The minimum absolute atomic E-state index is 0.0779. The summed E-state index contributed by atoms with van der Waals surface area (Å²) in [6.07, 6.45) is 8.87. The van der Waals surface area contributed by atoms with Crippen molar-refractivity contribution in [3.8, 4) is 12.3 Å². The van der Waals surface area contributed by atoms with E-state index in [1.165, 1.54) is 14.2 Å². The van der Waals surface area contributed by atoms with Gasteiger partial charge in [-0.2, -0.15) is 0 Å². The average molecular weight is 286 g/mol. The first kappa shape index (κ1) is 16.5. The van der Waals surface area contributed by atoms with E-state index < -0.39 is 17.4 Å². The summed E-state index contributed by atoms with van der Waals surface area (Å²) in [7, 11) is 2.44. The summed E-state index contributed by atoms with van der Waals surface area (Å²) in [5, 5.41) is 0. The highest BCUT2D eigenvalue weighted by molar-refractivity contribution is 6.00. The lowest BCUT2D eigenvalue weighted by molar-refractivity contribution is -0.168. The number of allylic oxidation sites excluding steroid dienone is 1. The van der Waals surface area contributed by atoms with Gasteiger partial charge in [0.15, 0.2) is 5.41 Å². The maximum atomic E-state index is 12.0. The molecule has 1 rings (SSSR count). The number of hydrogen-bond acceptors (Lipinski definition) is 4. The van der Waals surface area contributed by atoms with E-state index in [1.807, 2.05) is 36.4 Å². The van der Waals surface area contributed by atoms with Gasteiger partial charge in [0.2, 0.25) is 0 Å². The van der Waals surface area contributed by atoms with Crippen LogP contribution < -0.4 is 0 Å². The number of methoxy groups -OCH3 is 2. The van der Waals surface area contributed by atoms with Crippen LogP contribution in [0.1, 0.15) is 18.4 Å². The molecule has 0 bridgehead atoms. The first-order valence-electron chi connectivity index (χ1n) is 6.42. The molecule has 0 atom stereocenters. The van der Waals surface area contributed by atoms with E-state index >= 15 is 0 Å². The quantitative estimate of drug-likeness (QED) is 0.458. The molecule has 0 amide bonds. The second-order valence-corrected chi connectivity index (χ2v) is 4.46. The largest absolute Gasteiger partial charge is 0.468 e. The van der Waals surface area contributed by atoms with Crippen LogP contribution in [0, 0.1) is 17.8 Å². The molecule has 0 aliphatic carbocycles. The Morgan fingerprint density at radius 2 is 1.76 bits per heavy atom. The van der Waals surface area contributed by atoms with Gasteiger partial charge in [-0.15, -0.1) is 12.3 Å². The van der Waals surface area contributed by atoms with Crippen LogP contribution in [0.2, 0.25) is 0 Å². The highest BCUT2D eigenvalue weighted by Crippen LogP contribution is 2.31. The van der Waals surface area contributed by atoms with E-state index in [4.69, 9.17) is 15.9 Å². The van der Waals surface area contributed by atoms with Crippen LogP contribution in [-0.2, 0) is 19.1 Å². The molecular formula is C17H18O4. The van der Waals surface area contributed by atoms with Crippen molar-refractivity contribution in [2.75, 3.05) is 14.2 Å². The fourth-order valence-electron chi connectivity index (χ4n) is 1.99. The first-order valence-corrected chi connectivity index (χ1v) is 6.42. The third kappa shape index (κ3) is 3.96. The number of esters is 2. The normalized spacial score (nSPS) is 10.9. The molecule has 0 aliphatic rings. The zero-order valence-corrected chi connectivity index (χ0v) is 12.2. The van der Waals surface area contributed by atoms with E-state index in [-0.39, 0.29) is 12.8 Å². The molecule has 0 aromatic heterocycles. The van der Waals surface area contributed by atoms with E-state index in [1.54, 1.807) is 6.08 Å². The predicted molar refractivity (Wildman–Crippen MR) is 80.0 cm³/mol. The van der Waals surface area contributed by atoms with Gasteiger partial charge in [0.05, 0.1) is 14.2 Å². The highest BCUT2D eigenvalue weighted by atomic mass is 16.5. The second-order valence-electron chi connectivity index (χ2n) is 4.46. The molecule has 21 heavy (non-hydrogen) atoms. The topological polar surface area (TPSA) is 52.6 Å². The fourth-order valence-corrected chi connectivity index (χ4v) is 1.99. The van der Waals surface area contributed by atoms with Crippen molar-refractivity contribution in [3.63, 3.8) is 0 Å². The molecule has 0 unspecified atom stereocenters. The molecule has 0 N–H and O–H groups in total.